The van der Waals surface area contributed by atoms with Crippen molar-refractivity contribution in [1.82, 2.24) is 15.0 Å². The van der Waals surface area contributed by atoms with E-state index in [0.29, 0.717) is 29.3 Å². The first kappa shape index (κ1) is 18.8. The predicted octanol–water partition coefficient (Wildman–Crippen LogP) is 4.57. The maximum atomic E-state index is 5.95. The van der Waals surface area contributed by atoms with Gasteiger partial charge in [0.25, 0.3) is 0 Å². The molecule has 0 unspecified atom stereocenters. The summed E-state index contributed by atoms with van der Waals surface area (Å²) in [4.78, 5) is 6.90. The van der Waals surface area contributed by atoms with Crippen LogP contribution in [0.4, 0.5) is 0 Å². The molecular weight excluding hydrogens is 378 g/mol. The van der Waals surface area contributed by atoms with Crippen LogP contribution in [0.15, 0.2) is 47.0 Å². The molecule has 1 saturated carbocycles. The minimum atomic E-state index is 0.516. The molecule has 1 heterocycles. The van der Waals surface area contributed by atoms with Gasteiger partial charge in [-0.05, 0) is 55.3 Å². The fraction of sp³-hybridized carbons (Fsp3) is 0.333. The Hall–Kier alpha value is -2.57. The van der Waals surface area contributed by atoms with Crippen molar-refractivity contribution in [3.8, 4) is 22.9 Å². The van der Waals surface area contributed by atoms with Crippen molar-refractivity contribution in [2.75, 3.05) is 14.2 Å². The summed E-state index contributed by atoms with van der Waals surface area (Å²) < 4.78 is 16.4. The van der Waals surface area contributed by atoms with Crippen LogP contribution in [0.2, 0.25) is 5.02 Å². The summed E-state index contributed by atoms with van der Waals surface area (Å²) in [7, 11) is 3.35. The van der Waals surface area contributed by atoms with Gasteiger partial charge in [-0.25, -0.2) is 0 Å². The fourth-order valence-electron chi connectivity index (χ4n) is 3.19. The Labute approximate surface area is 169 Å². The number of hydrogen-bond acceptors (Lipinski definition) is 6. The van der Waals surface area contributed by atoms with Crippen molar-refractivity contribution >= 4 is 11.6 Å². The van der Waals surface area contributed by atoms with E-state index in [2.05, 4.69) is 15.0 Å². The summed E-state index contributed by atoms with van der Waals surface area (Å²) in [6.45, 7) is 1.31. The number of rotatable bonds is 8. The molecule has 0 radical (unpaired) electrons. The van der Waals surface area contributed by atoms with Crippen LogP contribution in [-0.2, 0) is 13.1 Å². The van der Waals surface area contributed by atoms with Crippen LogP contribution in [0, 0.1) is 0 Å². The van der Waals surface area contributed by atoms with Crippen LogP contribution in [0.3, 0.4) is 0 Å². The lowest BCUT2D eigenvalue weighted by molar-refractivity contribution is 0.207. The molecule has 6 nitrogen and oxygen atoms in total. The lowest BCUT2D eigenvalue weighted by atomic mass is 10.1. The third-order valence-electron chi connectivity index (χ3n) is 4.83. The number of methoxy groups -OCH3 is 2. The third-order valence-corrected chi connectivity index (χ3v) is 5.09. The second-order valence-corrected chi connectivity index (χ2v) is 7.27. The van der Waals surface area contributed by atoms with Gasteiger partial charge in [0, 0.05) is 28.7 Å². The molecule has 7 heteroatoms. The Bertz CT molecular complexity index is 938. The number of ether oxygens (including phenoxy) is 2. The summed E-state index contributed by atoms with van der Waals surface area (Å²) in [5, 5.41) is 4.80. The van der Waals surface area contributed by atoms with Crippen LogP contribution in [0.5, 0.6) is 11.5 Å². The first-order chi connectivity index (χ1) is 13.7. The van der Waals surface area contributed by atoms with E-state index in [4.69, 9.17) is 25.6 Å². The third kappa shape index (κ3) is 4.29. The maximum absolute atomic E-state index is 5.95. The molecule has 0 atom stereocenters. The van der Waals surface area contributed by atoms with Crippen molar-refractivity contribution < 1.29 is 14.0 Å². The molecule has 146 valence electrons. The standard InChI is InChI=1S/C21H22ClN3O3/c1-26-18-9-10-19(27-2)15(11-18)12-25(17-7-8-17)13-20-23-21(24-28-20)14-3-5-16(22)6-4-14/h3-6,9-11,17H,7-8,12-13H2,1-2H3. The molecule has 4 rings (SSSR count). The molecule has 0 spiro atoms. The van der Waals surface area contributed by atoms with Crippen molar-refractivity contribution in [3.63, 3.8) is 0 Å². The molecule has 0 saturated heterocycles. The average Bonchev–Trinajstić information content (AvgIpc) is 3.47. The number of benzene rings is 2. The van der Waals surface area contributed by atoms with E-state index in [9.17, 15) is 0 Å². The molecule has 1 aromatic heterocycles. The maximum Gasteiger partial charge on any atom is 0.241 e. The zero-order valence-electron chi connectivity index (χ0n) is 15.9. The van der Waals surface area contributed by atoms with Gasteiger partial charge in [0.05, 0.1) is 20.8 Å². The van der Waals surface area contributed by atoms with Crippen LogP contribution in [0.25, 0.3) is 11.4 Å². The number of aromatic nitrogens is 2. The van der Waals surface area contributed by atoms with E-state index in [1.165, 1.54) is 12.8 Å². The van der Waals surface area contributed by atoms with E-state index in [0.717, 1.165) is 29.2 Å². The molecule has 0 bridgehead atoms. The first-order valence-electron chi connectivity index (χ1n) is 9.19. The van der Waals surface area contributed by atoms with Crippen LogP contribution in [0.1, 0.15) is 24.3 Å². The molecule has 1 aliphatic carbocycles. The van der Waals surface area contributed by atoms with Gasteiger partial charge in [-0.15, -0.1) is 0 Å². The molecule has 1 fully saturated rings. The SMILES string of the molecule is COc1ccc(OC)c(CN(Cc2nc(-c3ccc(Cl)cc3)no2)C2CC2)c1. The van der Waals surface area contributed by atoms with Gasteiger partial charge in [0.2, 0.25) is 11.7 Å². The van der Waals surface area contributed by atoms with Crippen LogP contribution < -0.4 is 9.47 Å². The molecule has 28 heavy (non-hydrogen) atoms. The fourth-order valence-corrected chi connectivity index (χ4v) is 3.31. The van der Waals surface area contributed by atoms with Crippen molar-refractivity contribution in [1.29, 1.82) is 0 Å². The normalized spacial score (nSPS) is 13.7. The zero-order valence-corrected chi connectivity index (χ0v) is 16.6. The Balaban J connectivity index is 1.52. The van der Waals surface area contributed by atoms with Gasteiger partial charge in [0.15, 0.2) is 0 Å². The molecular formula is C21H22ClN3O3. The van der Waals surface area contributed by atoms with Gasteiger partial charge < -0.3 is 14.0 Å². The summed E-state index contributed by atoms with van der Waals surface area (Å²) in [6, 6.07) is 13.8. The lowest BCUT2D eigenvalue weighted by Gasteiger charge is -2.21. The summed E-state index contributed by atoms with van der Waals surface area (Å²) in [5.74, 6) is 2.83. The second-order valence-electron chi connectivity index (χ2n) is 6.83. The van der Waals surface area contributed by atoms with E-state index >= 15 is 0 Å². The monoisotopic (exact) mass is 399 g/mol. The quantitative estimate of drug-likeness (QED) is 0.553. The second kappa shape index (κ2) is 8.20. The van der Waals surface area contributed by atoms with Crippen molar-refractivity contribution in [2.24, 2.45) is 0 Å². The molecule has 2 aromatic carbocycles. The number of halogens is 1. The summed E-state index contributed by atoms with van der Waals surface area (Å²) >= 11 is 5.95. The Morgan fingerprint density at radius 2 is 1.86 bits per heavy atom. The highest BCUT2D eigenvalue weighted by atomic mass is 35.5. The molecule has 1 aliphatic rings. The number of nitrogens with zero attached hydrogens (tertiary/aromatic N) is 3. The van der Waals surface area contributed by atoms with E-state index < -0.39 is 0 Å². The topological polar surface area (TPSA) is 60.6 Å². The van der Waals surface area contributed by atoms with Crippen LogP contribution >= 0.6 is 11.6 Å². The minimum Gasteiger partial charge on any atom is -0.497 e. The highest BCUT2D eigenvalue weighted by Gasteiger charge is 2.31. The highest BCUT2D eigenvalue weighted by Crippen LogP contribution is 2.33. The van der Waals surface area contributed by atoms with Crippen molar-refractivity contribution in [3.05, 3.63) is 58.9 Å². The summed E-state index contributed by atoms with van der Waals surface area (Å²) in [5.41, 5.74) is 1.96. The summed E-state index contributed by atoms with van der Waals surface area (Å²) in [6.07, 6.45) is 2.34. The average molecular weight is 400 g/mol. The Morgan fingerprint density at radius 1 is 1.07 bits per heavy atom. The van der Waals surface area contributed by atoms with E-state index in [1.807, 2.05) is 42.5 Å². The zero-order chi connectivity index (χ0) is 19.5. The van der Waals surface area contributed by atoms with Gasteiger partial charge in [0.1, 0.15) is 11.5 Å². The Morgan fingerprint density at radius 3 is 2.54 bits per heavy atom. The Kier molecular flexibility index (Phi) is 5.50. The van der Waals surface area contributed by atoms with Gasteiger partial charge >= 0.3 is 0 Å². The molecule has 0 N–H and O–H groups in total. The first-order valence-corrected chi connectivity index (χ1v) is 9.57. The molecule has 0 aliphatic heterocycles. The minimum absolute atomic E-state index is 0.516. The van der Waals surface area contributed by atoms with Crippen molar-refractivity contribution in [2.45, 2.75) is 32.0 Å². The van der Waals surface area contributed by atoms with E-state index in [1.54, 1.807) is 14.2 Å². The molecule has 0 amide bonds. The largest absolute Gasteiger partial charge is 0.497 e. The number of hydrogen-bond donors (Lipinski definition) is 0. The smallest absolute Gasteiger partial charge is 0.241 e. The molecule has 3 aromatic rings. The highest BCUT2D eigenvalue weighted by molar-refractivity contribution is 6.30. The van der Waals surface area contributed by atoms with Crippen LogP contribution in [-0.4, -0.2) is 35.3 Å². The van der Waals surface area contributed by atoms with Gasteiger partial charge in [-0.1, -0.05) is 16.8 Å². The predicted molar refractivity (Wildman–Crippen MR) is 107 cm³/mol. The lowest BCUT2D eigenvalue weighted by Crippen LogP contribution is -2.25. The van der Waals surface area contributed by atoms with Gasteiger partial charge in [-0.3, -0.25) is 4.90 Å². The van der Waals surface area contributed by atoms with E-state index in [-0.39, 0.29) is 0 Å². The van der Waals surface area contributed by atoms with Gasteiger partial charge in [-0.2, -0.15) is 4.98 Å².